The zero-order valence-electron chi connectivity index (χ0n) is 21.3. The van der Waals surface area contributed by atoms with Crippen LogP contribution in [0.4, 0.5) is 0 Å². The van der Waals surface area contributed by atoms with Crippen molar-refractivity contribution in [1.82, 2.24) is 5.32 Å². The maximum Gasteiger partial charge on any atom is 0.336 e. The number of halogens is 1. The summed E-state index contributed by atoms with van der Waals surface area (Å²) < 4.78 is 17.0. The van der Waals surface area contributed by atoms with Gasteiger partial charge in [0.1, 0.15) is 11.7 Å². The predicted octanol–water partition coefficient (Wildman–Crippen LogP) is 5.17. The number of benzene rings is 2. The summed E-state index contributed by atoms with van der Waals surface area (Å²) in [6.07, 6.45) is 0.385. The van der Waals surface area contributed by atoms with Crippen molar-refractivity contribution < 1.29 is 28.6 Å². The molecule has 3 unspecified atom stereocenters. The highest BCUT2D eigenvalue weighted by Gasteiger charge is 2.49. The van der Waals surface area contributed by atoms with Crippen molar-refractivity contribution in [3.05, 3.63) is 86.7 Å². The van der Waals surface area contributed by atoms with Gasteiger partial charge in [-0.15, -0.1) is 0 Å². The highest BCUT2D eigenvalue weighted by atomic mass is 79.9. The number of esters is 2. The van der Waals surface area contributed by atoms with Crippen molar-refractivity contribution in [2.75, 3.05) is 20.3 Å². The van der Waals surface area contributed by atoms with E-state index in [-0.39, 0.29) is 19.0 Å². The molecule has 2 aromatic carbocycles. The smallest absolute Gasteiger partial charge is 0.336 e. The Balaban J connectivity index is 1.90. The number of hydrogen-bond donors (Lipinski definition) is 1. The van der Waals surface area contributed by atoms with Gasteiger partial charge in [-0.1, -0.05) is 40.2 Å². The number of carbonyl (C=O) groups is 3. The normalized spacial score (nSPS) is 21.2. The second kappa shape index (κ2) is 11.3. The Morgan fingerprint density at radius 3 is 2.41 bits per heavy atom. The highest BCUT2D eigenvalue weighted by Crippen LogP contribution is 2.48. The number of dihydropyridines is 1. The second-order valence-electron chi connectivity index (χ2n) is 8.95. The molecule has 0 aromatic heterocycles. The lowest BCUT2D eigenvalue weighted by atomic mass is 9.67. The maximum absolute atomic E-state index is 14.3. The summed E-state index contributed by atoms with van der Waals surface area (Å²) in [4.78, 5) is 40.7. The van der Waals surface area contributed by atoms with Crippen LogP contribution >= 0.6 is 15.9 Å². The van der Waals surface area contributed by atoms with E-state index in [1.807, 2.05) is 55.5 Å². The summed E-state index contributed by atoms with van der Waals surface area (Å²) in [6, 6.07) is 14.9. The Hall–Kier alpha value is -3.39. The Morgan fingerprint density at radius 2 is 1.73 bits per heavy atom. The van der Waals surface area contributed by atoms with Crippen LogP contribution in [0.3, 0.4) is 0 Å². The van der Waals surface area contributed by atoms with Gasteiger partial charge in [-0.05, 0) is 62.6 Å². The van der Waals surface area contributed by atoms with Gasteiger partial charge >= 0.3 is 11.9 Å². The molecule has 1 N–H and O–H groups in total. The van der Waals surface area contributed by atoms with Gasteiger partial charge in [0.15, 0.2) is 5.78 Å². The van der Waals surface area contributed by atoms with Gasteiger partial charge < -0.3 is 19.5 Å². The molecule has 2 aromatic rings. The van der Waals surface area contributed by atoms with Gasteiger partial charge in [0, 0.05) is 33.3 Å². The first kappa shape index (κ1) is 26.7. The standard InChI is InChI=1S/C29H30BrNO6/c1-5-36-28(33)23-16(3)31-22-15-21(17-9-8-12-20(14-17)35-4)25(29(34)37-6-2)27(32)26(22)24(23)18-10-7-11-19(30)13-18/h7-14,21,24-25,31H,5-6,15H2,1-4H3. The summed E-state index contributed by atoms with van der Waals surface area (Å²) in [7, 11) is 1.57. The Labute approximate surface area is 225 Å². The minimum Gasteiger partial charge on any atom is -0.497 e. The SMILES string of the molecule is CCOC(=O)C1=C(C)NC2=C(C(=O)C(C(=O)OCC)C(c3cccc(OC)c3)C2)C1c1cccc(Br)c1. The fourth-order valence-corrected chi connectivity index (χ4v) is 5.64. The first-order chi connectivity index (χ1) is 17.8. The van der Waals surface area contributed by atoms with Crippen LogP contribution in [-0.4, -0.2) is 38.0 Å². The van der Waals surface area contributed by atoms with Gasteiger partial charge in [-0.25, -0.2) is 4.79 Å². The molecule has 1 heterocycles. The number of ether oxygens (including phenoxy) is 3. The van der Waals surface area contributed by atoms with Crippen LogP contribution in [0.5, 0.6) is 5.75 Å². The highest BCUT2D eigenvalue weighted by molar-refractivity contribution is 9.10. The van der Waals surface area contributed by atoms with Gasteiger partial charge in [0.25, 0.3) is 0 Å². The topological polar surface area (TPSA) is 90.9 Å². The van der Waals surface area contributed by atoms with Crippen molar-refractivity contribution in [2.24, 2.45) is 5.92 Å². The molecule has 1 aliphatic heterocycles. The average Bonchev–Trinajstić information content (AvgIpc) is 2.88. The molecule has 194 valence electrons. The van der Waals surface area contributed by atoms with Crippen LogP contribution in [0.1, 0.15) is 50.2 Å². The van der Waals surface area contributed by atoms with E-state index in [9.17, 15) is 14.4 Å². The van der Waals surface area contributed by atoms with Gasteiger partial charge in [-0.2, -0.15) is 0 Å². The first-order valence-corrected chi connectivity index (χ1v) is 13.1. The molecule has 0 saturated carbocycles. The molecule has 0 fully saturated rings. The lowest BCUT2D eigenvalue weighted by molar-refractivity contribution is -0.152. The third-order valence-corrected chi connectivity index (χ3v) is 7.25. The summed E-state index contributed by atoms with van der Waals surface area (Å²) >= 11 is 3.51. The number of Topliss-reactive ketones (excluding diaryl/α,β-unsaturated/α-hetero) is 1. The van der Waals surface area contributed by atoms with Gasteiger partial charge in [-0.3, -0.25) is 9.59 Å². The molecule has 0 bridgehead atoms. The molecule has 7 nitrogen and oxygen atoms in total. The molecule has 0 amide bonds. The van der Waals surface area contributed by atoms with Crippen LogP contribution in [0.2, 0.25) is 0 Å². The van der Waals surface area contributed by atoms with E-state index >= 15 is 0 Å². The molecule has 4 rings (SSSR count). The summed E-state index contributed by atoms with van der Waals surface area (Å²) in [5.74, 6) is -3.03. The van der Waals surface area contributed by atoms with Crippen molar-refractivity contribution in [3.63, 3.8) is 0 Å². The first-order valence-electron chi connectivity index (χ1n) is 12.3. The molecular formula is C29H30BrNO6. The fraction of sp³-hybridized carbons (Fsp3) is 0.345. The lowest BCUT2D eigenvalue weighted by Gasteiger charge is -2.39. The molecule has 2 aliphatic rings. The molecule has 0 saturated heterocycles. The zero-order chi connectivity index (χ0) is 26.7. The third kappa shape index (κ3) is 5.21. The fourth-order valence-electron chi connectivity index (χ4n) is 5.22. The minimum atomic E-state index is -1.07. The van der Waals surface area contributed by atoms with E-state index in [1.54, 1.807) is 21.0 Å². The van der Waals surface area contributed by atoms with Crippen LogP contribution in [-0.2, 0) is 23.9 Å². The third-order valence-electron chi connectivity index (χ3n) is 6.76. The monoisotopic (exact) mass is 567 g/mol. The van der Waals surface area contributed by atoms with Crippen LogP contribution in [0.15, 0.2) is 75.5 Å². The number of nitrogens with one attached hydrogen (secondary N) is 1. The quantitative estimate of drug-likeness (QED) is 0.364. The second-order valence-corrected chi connectivity index (χ2v) is 9.86. The van der Waals surface area contributed by atoms with Crippen molar-refractivity contribution in [3.8, 4) is 5.75 Å². The molecule has 37 heavy (non-hydrogen) atoms. The maximum atomic E-state index is 14.3. The molecule has 1 aliphatic carbocycles. The largest absolute Gasteiger partial charge is 0.497 e. The summed E-state index contributed by atoms with van der Waals surface area (Å²) in [5, 5.41) is 3.31. The molecule has 0 spiro atoms. The van der Waals surface area contributed by atoms with E-state index < -0.39 is 29.7 Å². The molecular weight excluding hydrogens is 538 g/mol. The van der Waals surface area contributed by atoms with Crippen LogP contribution in [0.25, 0.3) is 0 Å². The summed E-state index contributed by atoms with van der Waals surface area (Å²) in [6.45, 7) is 5.62. The van der Waals surface area contributed by atoms with Crippen LogP contribution < -0.4 is 10.1 Å². The lowest BCUT2D eigenvalue weighted by Crippen LogP contribution is -2.43. The van der Waals surface area contributed by atoms with E-state index in [2.05, 4.69) is 21.2 Å². The van der Waals surface area contributed by atoms with Crippen LogP contribution in [0, 0.1) is 5.92 Å². The van der Waals surface area contributed by atoms with E-state index in [0.29, 0.717) is 34.7 Å². The number of carbonyl (C=O) groups excluding carboxylic acids is 3. The Kier molecular flexibility index (Phi) is 8.17. The van der Waals surface area contributed by atoms with E-state index in [4.69, 9.17) is 14.2 Å². The average molecular weight is 568 g/mol. The summed E-state index contributed by atoms with van der Waals surface area (Å²) in [5.41, 5.74) is 3.61. The van der Waals surface area contributed by atoms with E-state index in [1.165, 1.54) is 0 Å². The Morgan fingerprint density at radius 1 is 1.03 bits per heavy atom. The van der Waals surface area contributed by atoms with Crippen molar-refractivity contribution in [1.29, 1.82) is 0 Å². The molecule has 0 radical (unpaired) electrons. The minimum absolute atomic E-state index is 0.153. The number of ketones is 1. The Bertz CT molecular complexity index is 1300. The zero-order valence-corrected chi connectivity index (χ0v) is 22.9. The van der Waals surface area contributed by atoms with Gasteiger partial charge in [0.05, 0.1) is 25.9 Å². The van der Waals surface area contributed by atoms with Gasteiger partial charge in [0.2, 0.25) is 0 Å². The number of hydrogen-bond acceptors (Lipinski definition) is 7. The number of methoxy groups -OCH3 is 1. The number of rotatable bonds is 7. The molecule has 3 atom stereocenters. The van der Waals surface area contributed by atoms with Crippen molar-refractivity contribution >= 4 is 33.7 Å². The number of allylic oxidation sites excluding steroid dienone is 3. The predicted molar refractivity (Wildman–Crippen MR) is 142 cm³/mol. The van der Waals surface area contributed by atoms with Crippen molar-refractivity contribution in [2.45, 2.75) is 39.0 Å². The van der Waals surface area contributed by atoms with E-state index in [0.717, 1.165) is 15.6 Å². The molecule has 8 heteroatoms.